The number of benzene rings is 1. The Morgan fingerprint density at radius 3 is 3.23 bits per heavy atom. The predicted octanol–water partition coefficient (Wildman–Crippen LogP) is 0.359. The first-order valence-corrected chi connectivity index (χ1v) is 7.36. The van der Waals surface area contributed by atoms with Crippen molar-refractivity contribution < 1.29 is 13.9 Å². The molecule has 1 aromatic carbocycles. The number of hydrogen-bond donors (Lipinski definition) is 2. The van der Waals surface area contributed by atoms with Crippen molar-refractivity contribution >= 4 is 16.9 Å². The summed E-state index contributed by atoms with van der Waals surface area (Å²) in [6, 6.07) is 4.52. The van der Waals surface area contributed by atoms with Gasteiger partial charge in [-0.15, -0.1) is 0 Å². The van der Waals surface area contributed by atoms with Crippen molar-refractivity contribution in [2.75, 3.05) is 26.2 Å². The minimum atomic E-state index is -0.428. The van der Waals surface area contributed by atoms with Gasteiger partial charge in [-0.1, -0.05) is 0 Å². The Balaban J connectivity index is 1.59. The van der Waals surface area contributed by atoms with Crippen LogP contribution < -0.4 is 10.6 Å². The van der Waals surface area contributed by atoms with Gasteiger partial charge in [-0.05, 0) is 18.2 Å². The standard InChI is InChI=1S/C15H19FN4O2/c1-20-12-8-10(16)2-3-11(12)19-14(20)4-5-18-15(21)13-9-17-6-7-22-13/h2-3,8,13,17H,4-7,9H2,1H3,(H,18,21)/t13-/m1/s1. The van der Waals surface area contributed by atoms with Crippen LogP contribution in [0.15, 0.2) is 18.2 Å². The van der Waals surface area contributed by atoms with Crippen LogP contribution in [0.2, 0.25) is 0 Å². The molecule has 0 radical (unpaired) electrons. The summed E-state index contributed by atoms with van der Waals surface area (Å²) in [4.78, 5) is 16.4. The average molecular weight is 306 g/mol. The van der Waals surface area contributed by atoms with Gasteiger partial charge in [-0.3, -0.25) is 4.79 Å². The Morgan fingerprint density at radius 2 is 2.45 bits per heavy atom. The molecule has 0 spiro atoms. The predicted molar refractivity (Wildman–Crippen MR) is 80.0 cm³/mol. The summed E-state index contributed by atoms with van der Waals surface area (Å²) < 4.78 is 20.5. The molecule has 22 heavy (non-hydrogen) atoms. The molecular formula is C15H19FN4O2. The summed E-state index contributed by atoms with van der Waals surface area (Å²) in [5, 5.41) is 5.97. The minimum absolute atomic E-state index is 0.114. The number of nitrogens with zero attached hydrogens (tertiary/aromatic N) is 2. The van der Waals surface area contributed by atoms with Gasteiger partial charge in [-0.25, -0.2) is 9.37 Å². The normalized spacial score (nSPS) is 18.5. The van der Waals surface area contributed by atoms with Crippen molar-refractivity contribution in [2.24, 2.45) is 7.05 Å². The number of hydrogen-bond acceptors (Lipinski definition) is 4. The zero-order chi connectivity index (χ0) is 15.5. The van der Waals surface area contributed by atoms with E-state index < -0.39 is 6.10 Å². The summed E-state index contributed by atoms with van der Waals surface area (Å²) in [7, 11) is 1.85. The zero-order valence-corrected chi connectivity index (χ0v) is 12.4. The van der Waals surface area contributed by atoms with E-state index in [2.05, 4.69) is 15.6 Å². The second-order valence-corrected chi connectivity index (χ2v) is 5.32. The second-order valence-electron chi connectivity index (χ2n) is 5.32. The van der Waals surface area contributed by atoms with E-state index in [1.165, 1.54) is 12.1 Å². The molecule has 118 valence electrons. The summed E-state index contributed by atoms with van der Waals surface area (Å²) in [6.07, 6.45) is 0.155. The number of halogens is 1. The lowest BCUT2D eigenvalue weighted by Gasteiger charge is -2.22. The Hall–Kier alpha value is -1.99. The van der Waals surface area contributed by atoms with Crippen molar-refractivity contribution in [1.82, 2.24) is 20.2 Å². The third-order valence-electron chi connectivity index (χ3n) is 3.80. The number of imidazole rings is 1. The average Bonchev–Trinajstić information content (AvgIpc) is 2.84. The second kappa shape index (κ2) is 6.41. The summed E-state index contributed by atoms with van der Waals surface area (Å²) in [5.74, 6) is 0.415. The maximum absolute atomic E-state index is 13.3. The highest BCUT2D eigenvalue weighted by Crippen LogP contribution is 2.16. The molecule has 2 aromatic rings. The van der Waals surface area contributed by atoms with Crippen LogP contribution in [0.3, 0.4) is 0 Å². The fourth-order valence-electron chi connectivity index (χ4n) is 2.58. The molecule has 1 saturated heterocycles. The molecule has 2 N–H and O–H groups in total. The number of fused-ring (bicyclic) bond motifs is 1. The van der Waals surface area contributed by atoms with Crippen LogP contribution >= 0.6 is 0 Å². The molecule has 0 saturated carbocycles. The number of nitrogens with one attached hydrogen (secondary N) is 2. The van der Waals surface area contributed by atoms with Crippen LogP contribution in [0, 0.1) is 5.82 Å². The monoisotopic (exact) mass is 306 g/mol. The van der Waals surface area contributed by atoms with Gasteiger partial charge in [0.1, 0.15) is 17.7 Å². The molecule has 1 aliphatic rings. The first-order chi connectivity index (χ1) is 10.6. The van der Waals surface area contributed by atoms with Gasteiger partial charge in [0.25, 0.3) is 0 Å². The number of aryl methyl sites for hydroxylation is 1. The summed E-state index contributed by atoms with van der Waals surface area (Å²) in [6.45, 7) is 2.34. The number of aromatic nitrogens is 2. The van der Waals surface area contributed by atoms with E-state index in [1.807, 2.05) is 11.6 Å². The Kier molecular flexibility index (Phi) is 4.35. The maximum Gasteiger partial charge on any atom is 0.250 e. The molecule has 7 heteroatoms. The third kappa shape index (κ3) is 3.10. The van der Waals surface area contributed by atoms with E-state index in [1.54, 1.807) is 6.07 Å². The molecule has 0 bridgehead atoms. The van der Waals surface area contributed by atoms with Gasteiger partial charge in [0.2, 0.25) is 5.91 Å². The molecule has 0 aliphatic carbocycles. The lowest BCUT2D eigenvalue weighted by molar-refractivity contribution is -0.134. The van der Waals surface area contributed by atoms with Crippen molar-refractivity contribution in [3.05, 3.63) is 29.8 Å². The Morgan fingerprint density at radius 1 is 1.59 bits per heavy atom. The molecule has 1 amide bonds. The van der Waals surface area contributed by atoms with E-state index in [4.69, 9.17) is 4.74 Å². The first-order valence-electron chi connectivity index (χ1n) is 7.36. The molecule has 2 heterocycles. The van der Waals surface area contributed by atoms with Gasteiger partial charge in [-0.2, -0.15) is 0 Å². The Bertz CT molecular complexity index is 679. The fourth-order valence-corrected chi connectivity index (χ4v) is 2.58. The summed E-state index contributed by atoms with van der Waals surface area (Å²) >= 11 is 0. The smallest absolute Gasteiger partial charge is 0.250 e. The maximum atomic E-state index is 13.3. The summed E-state index contributed by atoms with van der Waals surface area (Å²) in [5.41, 5.74) is 1.51. The lowest BCUT2D eigenvalue weighted by atomic mass is 10.3. The minimum Gasteiger partial charge on any atom is -0.366 e. The SMILES string of the molecule is Cn1c(CCNC(=O)[C@H]2CNCCO2)nc2ccc(F)cc21. The molecule has 3 rings (SSSR count). The zero-order valence-electron chi connectivity index (χ0n) is 12.4. The number of rotatable bonds is 4. The highest BCUT2D eigenvalue weighted by molar-refractivity contribution is 5.81. The lowest BCUT2D eigenvalue weighted by Crippen LogP contribution is -2.48. The molecule has 1 aliphatic heterocycles. The van der Waals surface area contributed by atoms with E-state index in [0.29, 0.717) is 26.1 Å². The van der Waals surface area contributed by atoms with Crippen molar-refractivity contribution in [2.45, 2.75) is 12.5 Å². The highest BCUT2D eigenvalue weighted by atomic mass is 19.1. The molecule has 1 fully saturated rings. The van der Waals surface area contributed by atoms with Crippen molar-refractivity contribution in [3.63, 3.8) is 0 Å². The highest BCUT2D eigenvalue weighted by Gasteiger charge is 2.21. The van der Waals surface area contributed by atoms with Crippen molar-refractivity contribution in [1.29, 1.82) is 0 Å². The van der Waals surface area contributed by atoms with Gasteiger partial charge in [0, 0.05) is 33.1 Å². The number of carbonyl (C=O) groups excluding carboxylic acids is 1. The van der Waals surface area contributed by atoms with Crippen LogP contribution in [-0.2, 0) is 23.0 Å². The van der Waals surface area contributed by atoms with E-state index in [-0.39, 0.29) is 11.7 Å². The number of ether oxygens (including phenoxy) is 1. The molecule has 1 atom stereocenters. The fraction of sp³-hybridized carbons (Fsp3) is 0.467. The third-order valence-corrected chi connectivity index (χ3v) is 3.80. The van der Waals surface area contributed by atoms with Crippen LogP contribution in [-0.4, -0.2) is 47.8 Å². The molecule has 0 unspecified atom stereocenters. The molecule has 6 nitrogen and oxygen atoms in total. The van der Waals surface area contributed by atoms with Gasteiger partial charge in [0.05, 0.1) is 17.6 Å². The van der Waals surface area contributed by atoms with Gasteiger partial charge < -0.3 is 19.9 Å². The van der Waals surface area contributed by atoms with E-state index in [0.717, 1.165) is 23.4 Å². The topological polar surface area (TPSA) is 68.2 Å². The molecule has 1 aromatic heterocycles. The van der Waals surface area contributed by atoms with Crippen LogP contribution in [0.5, 0.6) is 0 Å². The molecular weight excluding hydrogens is 287 g/mol. The van der Waals surface area contributed by atoms with Crippen LogP contribution in [0.25, 0.3) is 11.0 Å². The Labute approximate surface area is 127 Å². The number of amides is 1. The van der Waals surface area contributed by atoms with Crippen molar-refractivity contribution in [3.8, 4) is 0 Å². The number of carbonyl (C=O) groups is 1. The first kappa shape index (κ1) is 14.9. The van der Waals surface area contributed by atoms with Crippen LogP contribution in [0.4, 0.5) is 4.39 Å². The van der Waals surface area contributed by atoms with Gasteiger partial charge >= 0.3 is 0 Å². The van der Waals surface area contributed by atoms with Gasteiger partial charge in [0.15, 0.2) is 0 Å². The largest absolute Gasteiger partial charge is 0.366 e. The number of morpholine rings is 1. The van der Waals surface area contributed by atoms with E-state index in [9.17, 15) is 9.18 Å². The quantitative estimate of drug-likeness (QED) is 0.856. The van der Waals surface area contributed by atoms with E-state index >= 15 is 0 Å². The van der Waals surface area contributed by atoms with Crippen LogP contribution in [0.1, 0.15) is 5.82 Å².